The minimum Gasteiger partial charge on any atom is -0.294 e. The van der Waals surface area contributed by atoms with E-state index >= 15 is 0 Å². The standard InChI is InChI=1S/C13H8F3N3O2/c14-13(15,16)12(21)8-11(20)10-5-3-9(4-6-10)2-1-7-18-19-17/h3-6H,7-8H2. The number of halogens is 3. The number of Topliss-reactive ketones (excluding diaryl/α,β-unsaturated/α-hetero) is 2. The Morgan fingerprint density at radius 2 is 1.86 bits per heavy atom. The van der Waals surface area contributed by atoms with E-state index in [1.165, 1.54) is 24.3 Å². The Labute approximate surface area is 117 Å². The van der Waals surface area contributed by atoms with Crippen molar-refractivity contribution in [3.05, 3.63) is 45.8 Å². The van der Waals surface area contributed by atoms with Crippen LogP contribution >= 0.6 is 0 Å². The molecule has 1 rings (SSSR count). The minimum absolute atomic E-state index is 0.00630. The number of benzene rings is 1. The monoisotopic (exact) mass is 295 g/mol. The van der Waals surface area contributed by atoms with E-state index in [4.69, 9.17) is 5.53 Å². The fourth-order valence-electron chi connectivity index (χ4n) is 1.30. The number of alkyl halides is 3. The summed E-state index contributed by atoms with van der Waals surface area (Å²) in [7, 11) is 0. The number of hydrogen-bond acceptors (Lipinski definition) is 3. The zero-order chi connectivity index (χ0) is 15.9. The molecule has 0 heterocycles. The molecule has 0 aliphatic heterocycles. The number of hydrogen-bond donors (Lipinski definition) is 0. The van der Waals surface area contributed by atoms with Crippen LogP contribution in [0, 0.1) is 11.8 Å². The minimum atomic E-state index is -5.01. The highest BCUT2D eigenvalue weighted by molar-refractivity contribution is 6.09. The van der Waals surface area contributed by atoms with E-state index in [0.29, 0.717) is 5.56 Å². The lowest BCUT2D eigenvalue weighted by atomic mass is 10.0. The summed E-state index contributed by atoms with van der Waals surface area (Å²) in [4.78, 5) is 24.7. The summed E-state index contributed by atoms with van der Waals surface area (Å²) in [6.07, 6.45) is -6.23. The van der Waals surface area contributed by atoms with Crippen LogP contribution in [0.2, 0.25) is 0 Å². The Hall–Kier alpha value is -2.78. The van der Waals surface area contributed by atoms with Gasteiger partial charge >= 0.3 is 6.18 Å². The fourth-order valence-corrected chi connectivity index (χ4v) is 1.30. The normalized spacial score (nSPS) is 10.0. The second kappa shape index (κ2) is 7.12. The first kappa shape index (κ1) is 16.3. The third kappa shape index (κ3) is 5.38. The van der Waals surface area contributed by atoms with Crippen LogP contribution in [0.3, 0.4) is 0 Å². The Kier molecular flexibility index (Phi) is 5.52. The molecule has 0 saturated heterocycles. The van der Waals surface area contributed by atoms with Crippen molar-refractivity contribution in [1.29, 1.82) is 0 Å². The molecule has 1 aromatic carbocycles. The van der Waals surface area contributed by atoms with E-state index in [0.717, 1.165) is 0 Å². The molecule has 8 heteroatoms. The van der Waals surface area contributed by atoms with Crippen molar-refractivity contribution in [1.82, 2.24) is 0 Å². The van der Waals surface area contributed by atoms with Crippen molar-refractivity contribution < 1.29 is 22.8 Å². The largest absolute Gasteiger partial charge is 0.450 e. The molecule has 0 aliphatic carbocycles. The average Bonchev–Trinajstić information content (AvgIpc) is 2.43. The summed E-state index contributed by atoms with van der Waals surface area (Å²) in [5.41, 5.74) is 8.53. The first-order chi connectivity index (χ1) is 9.84. The van der Waals surface area contributed by atoms with E-state index in [9.17, 15) is 22.8 Å². The van der Waals surface area contributed by atoms with E-state index in [1.54, 1.807) is 0 Å². The topological polar surface area (TPSA) is 82.9 Å². The second-order valence-electron chi connectivity index (χ2n) is 3.79. The number of carbonyl (C=O) groups is 2. The lowest BCUT2D eigenvalue weighted by Gasteiger charge is -2.04. The summed E-state index contributed by atoms with van der Waals surface area (Å²) in [5.74, 6) is 2.19. The van der Waals surface area contributed by atoms with Crippen LogP contribution in [-0.2, 0) is 4.79 Å². The maximum Gasteiger partial charge on any atom is 0.450 e. The molecule has 0 aromatic heterocycles. The number of ketones is 2. The van der Waals surface area contributed by atoms with Gasteiger partial charge in [0.05, 0.1) is 13.0 Å². The van der Waals surface area contributed by atoms with Crippen LogP contribution in [0.25, 0.3) is 10.4 Å². The van der Waals surface area contributed by atoms with Gasteiger partial charge in [-0.2, -0.15) is 13.2 Å². The molecule has 21 heavy (non-hydrogen) atoms. The van der Waals surface area contributed by atoms with Crippen LogP contribution in [0.5, 0.6) is 0 Å². The van der Waals surface area contributed by atoms with Crippen molar-refractivity contribution >= 4 is 11.6 Å². The lowest BCUT2D eigenvalue weighted by Crippen LogP contribution is -2.25. The third-order valence-electron chi connectivity index (χ3n) is 2.29. The molecule has 0 saturated carbocycles. The van der Waals surface area contributed by atoms with Gasteiger partial charge in [0.25, 0.3) is 0 Å². The molecule has 0 amide bonds. The van der Waals surface area contributed by atoms with Gasteiger partial charge in [0.15, 0.2) is 5.78 Å². The highest BCUT2D eigenvalue weighted by Gasteiger charge is 2.39. The second-order valence-corrected chi connectivity index (χ2v) is 3.79. The fraction of sp³-hybridized carbons (Fsp3) is 0.231. The molecular weight excluding hydrogens is 287 g/mol. The molecule has 108 valence electrons. The number of nitrogens with zero attached hydrogens (tertiary/aromatic N) is 3. The number of azide groups is 1. The summed E-state index contributed by atoms with van der Waals surface area (Å²) >= 11 is 0. The molecule has 5 nitrogen and oxygen atoms in total. The molecule has 0 fully saturated rings. The smallest absolute Gasteiger partial charge is 0.294 e. The van der Waals surface area contributed by atoms with Gasteiger partial charge in [-0.15, -0.1) is 0 Å². The van der Waals surface area contributed by atoms with Crippen LogP contribution in [-0.4, -0.2) is 24.3 Å². The Morgan fingerprint density at radius 3 is 2.38 bits per heavy atom. The third-order valence-corrected chi connectivity index (χ3v) is 2.29. The highest BCUT2D eigenvalue weighted by atomic mass is 19.4. The number of carbonyl (C=O) groups excluding carboxylic acids is 2. The predicted molar refractivity (Wildman–Crippen MR) is 67.3 cm³/mol. The Balaban J connectivity index is 2.73. The predicted octanol–water partition coefficient (Wildman–Crippen LogP) is 3.05. The lowest BCUT2D eigenvalue weighted by molar-refractivity contribution is -0.170. The summed E-state index contributed by atoms with van der Waals surface area (Å²) in [6.45, 7) is -0.0166. The average molecular weight is 295 g/mol. The molecule has 0 atom stereocenters. The van der Waals surface area contributed by atoms with Gasteiger partial charge in [-0.3, -0.25) is 9.59 Å². The van der Waals surface area contributed by atoms with Gasteiger partial charge in [-0.1, -0.05) is 29.1 Å². The molecular formula is C13H8F3N3O2. The van der Waals surface area contributed by atoms with E-state index in [2.05, 4.69) is 21.9 Å². The zero-order valence-electron chi connectivity index (χ0n) is 10.5. The first-order valence-corrected chi connectivity index (χ1v) is 5.57. The molecule has 0 unspecified atom stereocenters. The van der Waals surface area contributed by atoms with Crippen LogP contribution in [0.1, 0.15) is 22.3 Å². The summed E-state index contributed by atoms with van der Waals surface area (Å²) in [6, 6.07) is 5.41. The molecule has 0 spiro atoms. The van der Waals surface area contributed by atoms with Gasteiger partial charge in [0, 0.05) is 16.0 Å². The molecule has 0 radical (unpaired) electrons. The van der Waals surface area contributed by atoms with Gasteiger partial charge in [0.1, 0.15) is 0 Å². The van der Waals surface area contributed by atoms with Crippen LogP contribution in [0.4, 0.5) is 13.2 Å². The first-order valence-electron chi connectivity index (χ1n) is 5.57. The Morgan fingerprint density at radius 1 is 1.24 bits per heavy atom. The molecule has 0 N–H and O–H groups in total. The van der Waals surface area contributed by atoms with Gasteiger partial charge < -0.3 is 0 Å². The van der Waals surface area contributed by atoms with Crippen molar-refractivity contribution in [2.75, 3.05) is 6.54 Å². The molecule has 1 aromatic rings. The van der Waals surface area contributed by atoms with E-state index < -0.39 is 24.2 Å². The molecule has 0 aliphatic rings. The van der Waals surface area contributed by atoms with E-state index in [-0.39, 0.29) is 12.1 Å². The van der Waals surface area contributed by atoms with Gasteiger partial charge in [-0.25, -0.2) is 0 Å². The highest BCUT2D eigenvalue weighted by Crippen LogP contribution is 2.19. The number of rotatable bonds is 4. The van der Waals surface area contributed by atoms with Crippen molar-refractivity contribution in [2.45, 2.75) is 12.6 Å². The van der Waals surface area contributed by atoms with E-state index in [1.807, 2.05) is 0 Å². The zero-order valence-corrected chi connectivity index (χ0v) is 10.5. The summed E-state index contributed by atoms with van der Waals surface area (Å²) in [5, 5.41) is 3.20. The van der Waals surface area contributed by atoms with Gasteiger partial charge in [0.2, 0.25) is 5.78 Å². The maximum absolute atomic E-state index is 12.0. The van der Waals surface area contributed by atoms with Crippen LogP contribution in [0.15, 0.2) is 29.4 Å². The van der Waals surface area contributed by atoms with Gasteiger partial charge in [-0.05, 0) is 17.7 Å². The van der Waals surface area contributed by atoms with Crippen molar-refractivity contribution in [3.63, 3.8) is 0 Å². The maximum atomic E-state index is 12.0. The van der Waals surface area contributed by atoms with Crippen molar-refractivity contribution in [3.8, 4) is 11.8 Å². The Bertz CT molecular complexity index is 648. The summed E-state index contributed by atoms with van der Waals surface area (Å²) < 4.78 is 36.1. The SMILES string of the molecule is [N-]=[N+]=NCC#Cc1ccc(C(=O)CC(=O)C(F)(F)F)cc1. The quantitative estimate of drug-likeness (QED) is 0.213. The van der Waals surface area contributed by atoms with Crippen molar-refractivity contribution in [2.24, 2.45) is 5.11 Å². The molecule has 0 bridgehead atoms. The van der Waals surface area contributed by atoms with Crippen LogP contribution < -0.4 is 0 Å².